The molecule has 0 atom stereocenters. The normalized spacial score (nSPS) is 21.9. The molecule has 0 aromatic carbocycles. The first-order valence-electron chi connectivity index (χ1n) is 7.55. The minimum Gasteiger partial charge on any atom is -0.369 e. The van der Waals surface area contributed by atoms with Gasteiger partial charge in [-0.1, -0.05) is 19.3 Å². The SMILES string of the molecule is NC(=O)CN1CCN(C(=O)COC2CCCCC2)CC1. The second-order valence-electron chi connectivity index (χ2n) is 5.69. The number of hydrogen-bond acceptors (Lipinski definition) is 4. The Morgan fingerprint density at radius 3 is 2.30 bits per heavy atom. The van der Waals surface area contributed by atoms with Crippen LogP contribution in [-0.2, 0) is 14.3 Å². The Morgan fingerprint density at radius 2 is 1.70 bits per heavy atom. The van der Waals surface area contributed by atoms with E-state index in [1.807, 2.05) is 9.80 Å². The minimum atomic E-state index is -0.314. The maximum absolute atomic E-state index is 12.1. The van der Waals surface area contributed by atoms with Crippen molar-refractivity contribution >= 4 is 11.8 Å². The van der Waals surface area contributed by atoms with E-state index in [0.717, 1.165) is 12.8 Å². The van der Waals surface area contributed by atoms with E-state index < -0.39 is 0 Å². The summed E-state index contributed by atoms with van der Waals surface area (Å²) in [6, 6.07) is 0. The van der Waals surface area contributed by atoms with Crippen LogP contribution in [-0.4, -0.2) is 67.0 Å². The Labute approximate surface area is 120 Å². The second kappa shape index (κ2) is 7.59. The van der Waals surface area contributed by atoms with Crippen LogP contribution < -0.4 is 5.73 Å². The van der Waals surface area contributed by atoms with Crippen LogP contribution in [0.15, 0.2) is 0 Å². The maximum Gasteiger partial charge on any atom is 0.248 e. The largest absolute Gasteiger partial charge is 0.369 e. The number of nitrogens with zero attached hydrogens (tertiary/aromatic N) is 2. The summed E-state index contributed by atoms with van der Waals surface area (Å²) in [5.41, 5.74) is 5.17. The fourth-order valence-corrected chi connectivity index (χ4v) is 2.89. The zero-order valence-corrected chi connectivity index (χ0v) is 12.1. The summed E-state index contributed by atoms with van der Waals surface area (Å²) in [7, 11) is 0. The topological polar surface area (TPSA) is 75.9 Å². The number of ether oxygens (including phenoxy) is 1. The zero-order valence-electron chi connectivity index (χ0n) is 12.1. The molecule has 0 radical (unpaired) electrons. The fourth-order valence-electron chi connectivity index (χ4n) is 2.89. The Balaban J connectivity index is 1.65. The monoisotopic (exact) mass is 283 g/mol. The van der Waals surface area contributed by atoms with Gasteiger partial charge in [-0.05, 0) is 12.8 Å². The van der Waals surface area contributed by atoms with Crippen LogP contribution in [0.5, 0.6) is 0 Å². The molecule has 1 aliphatic carbocycles. The van der Waals surface area contributed by atoms with Crippen molar-refractivity contribution in [1.82, 2.24) is 9.80 Å². The molecule has 2 rings (SSSR count). The van der Waals surface area contributed by atoms with E-state index in [1.165, 1.54) is 19.3 Å². The van der Waals surface area contributed by atoms with Crippen molar-refractivity contribution in [1.29, 1.82) is 0 Å². The van der Waals surface area contributed by atoms with Gasteiger partial charge in [0, 0.05) is 26.2 Å². The maximum atomic E-state index is 12.1. The van der Waals surface area contributed by atoms with Gasteiger partial charge in [-0.15, -0.1) is 0 Å². The van der Waals surface area contributed by atoms with Gasteiger partial charge in [0.05, 0.1) is 12.6 Å². The summed E-state index contributed by atoms with van der Waals surface area (Å²) in [6.07, 6.45) is 6.15. The molecule has 6 nitrogen and oxygen atoms in total. The van der Waals surface area contributed by atoms with Gasteiger partial charge in [-0.25, -0.2) is 0 Å². The highest BCUT2D eigenvalue weighted by molar-refractivity contribution is 5.78. The van der Waals surface area contributed by atoms with Crippen molar-refractivity contribution < 1.29 is 14.3 Å². The van der Waals surface area contributed by atoms with Crippen LogP contribution in [0.1, 0.15) is 32.1 Å². The molecule has 2 N–H and O–H groups in total. The van der Waals surface area contributed by atoms with E-state index in [0.29, 0.717) is 26.2 Å². The van der Waals surface area contributed by atoms with Gasteiger partial charge in [0.1, 0.15) is 6.61 Å². The Kier molecular flexibility index (Phi) is 5.79. The quantitative estimate of drug-likeness (QED) is 0.768. The second-order valence-corrected chi connectivity index (χ2v) is 5.69. The molecule has 114 valence electrons. The Bertz CT molecular complexity index is 335. The van der Waals surface area contributed by atoms with Crippen molar-refractivity contribution in [3.63, 3.8) is 0 Å². The lowest BCUT2D eigenvalue weighted by molar-refractivity contribution is -0.140. The first-order chi connectivity index (χ1) is 9.65. The average molecular weight is 283 g/mol. The summed E-state index contributed by atoms with van der Waals surface area (Å²) >= 11 is 0. The molecule has 0 aromatic rings. The number of amides is 2. The van der Waals surface area contributed by atoms with Crippen molar-refractivity contribution in [3.8, 4) is 0 Å². The Morgan fingerprint density at radius 1 is 1.05 bits per heavy atom. The molecule has 6 heteroatoms. The molecule has 2 aliphatic rings. The van der Waals surface area contributed by atoms with Gasteiger partial charge >= 0.3 is 0 Å². The van der Waals surface area contributed by atoms with Crippen molar-refractivity contribution in [2.75, 3.05) is 39.3 Å². The predicted molar refractivity (Wildman–Crippen MR) is 75.0 cm³/mol. The predicted octanol–water partition coefficient (Wildman–Crippen LogP) is -0.0348. The standard InChI is InChI=1S/C14H25N3O3/c15-13(18)10-16-6-8-17(9-7-16)14(19)11-20-12-4-2-1-3-5-12/h12H,1-11H2,(H2,15,18). The molecule has 0 spiro atoms. The third kappa shape index (κ3) is 4.76. The van der Waals surface area contributed by atoms with Gasteiger partial charge in [-0.2, -0.15) is 0 Å². The number of hydrogen-bond donors (Lipinski definition) is 1. The smallest absolute Gasteiger partial charge is 0.248 e. The molecule has 1 heterocycles. The van der Waals surface area contributed by atoms with Crippen molar-refractivity contribution in [2.45, 2.75) is 38.2 Å². The van der Waals surface area contributed by atoms with Crippen LogP contribution in [0.2, 0.25) is 0 Å². The minimum absolute atomic E-state index is 0.0642. The van der Waals surface area contributed by atoms with Crippen molar-refractivity contribution in [3.05, 3.63) is 0 Å². The lowest BCUT2D eigenvalue weighted by Gasteiger charge is -2.34. The number of primary amides is 1. The number of piperazine rings is 1. The number of carbonyl (C=O) groups excluding carboxylic acids is 2. The van der Waals surface area contributed by atoms with Crippen LogP contribution in [0.25, 0.3) is 0 Å². The fraction of sp³-hybridized carbons (Fsp3) is 0.857. The van der Waals surface area contributed by atoms with E-state index in [2.05, 4.69) is 0 Å². The van der Waals surface area contributed by atoms with Crippen LogP contribution in [0, 0.1) is 0 Å². The summed E-state index contributed by atoms with van der Waals surface area (Å²) in [6.45, 7) is 3.19. The first-order valence-corrected chi connectivity index (χ1v) is 7.55. The lowest BCUT2D eigenvalue weighted by Crippen LogP contribution is -2.51. The third-order valence-corrected chi connectivity index (χ3v) is 4.10. The van der Waals surface area contributed by atoms with E-state index in [1.54, 1.807) is 0 Å². The molecule has 1 saturated heterocycles. The summed E-state index contributed by atoms with van der Waals surface area (Å²) in [5.74, 6) is -0.250. The molecule has 0 aromatic heterocycles. The number of rotatable bonds is 5. The zero-order chi connectivity index (χ0) is 14.4. The van der Waals surface area contributed by atoms with Crippen molar-refractivity contribution in [2.24, 2.45) is 5.73 Å². The molecule has 1 aliphatic heterocycles. The molecule has 2 amide bonds. The van der Waals surface area contributed by atoms with Gasteiger partial charge in [-0.3, -0.25) is 14.5 Å². The van der Waals surface area contributed by atoms with Gasteiger partial charge in [0.15, 0.2) is 0 Å². The van der Waals surface area contributed by atoms with Crippen LogP contribution in [0.3, 0.4) is 0 Å². The molecule has 0 unspecified atom stereocenters. The number of nitrogens with two attached hydrogens (primary N) is 1. The molecular weight excluding hydrogens is 258 g/mol. The molecular formula is C14H25N3O3. The van der Waals surface area contributed by atoms with E-state index in [-0.39, 0.29) is 31.1 Å². The number of carbonyl (C=O) groups is 2. The third-order valence-electron chi connectivity index (χ3n) is 4.10. The first kappa shape index (κ1) is 15.3. The highest BCUT2D eigenvalue weighted by atomic mass is 16.5. The molecule has 1 saturated carbocycles. The summed E-state index contributed by atoms with van der Waals surface area (Å²) in [5, 5.41) is 0. The van der Waals surface area contributed by atoms with Gasteiger partial charge in [0.2, 0.25) is 11.8 Å². The average Bonchev–Trinajstić information content (AvgIpc) is 2.46. The lowest BCUT2D eigenvalue weighted by atomic mass is 9.98. The van der Waals surface area contributed by atoms with Crippen LogP contribution >= 0.6 is 0 Å². The molecule has 2 fully saturated rings. The molecule has 0 bridgehead atoms. The highest BCUT2D eigenvalue weighted by Gasteiger charge is 2.23. The van der Waals surface area contributed by atoms with E-state index in [4.69, 9.17) is 10.5 Å². The van der Waals surface area contributed by atoms with Gasteiger partial charge in [0.25, 0.3) is 0 Å². The summed E-state index contributed by atoms with van der Waals surface area (Å²) < 4.78 is 5.71. The summed E-state index contributed by atoms with van der Waals surface area (Å²) in [4.78, 5) is 26.7. The van der Waals surface area contributed by atoms with Crippen LogP contribution in [0.4, 0.5) is 0 Å². The highest BCUT2D eigenvalue weighted by Crippen LogP contribution is 2.20. The Hall–Kier alpha value is -1.14. The van der Waals surface area contributed by atoms with E-state index >= 15 is 0 Å². The van der Waals surface area contributed by atoms with Gasteiger partial charge < -0.3 is 15.4 Å². The van der Waals surface area contributed by atoms with E-state index in [9.17, 15) is 9.59 Å². The molecule has 20 heavy (non-hydrogen) atoms.